The molecular formula is C15H25NO8S. The van der Waals surface area contributed by atoms with Gasteiger partial charge in [0, 0.05) is 20.0 Å². The largest absolute Gasteiger partial charge is 0.466 e. The molecule has 3 rings (SSSR count). The van der Waals surface area contributed by atoms with E-state index in [4.69, 9.17) is 23.1 Å². The van der Waals surface area contributed by atoms with Crippen molar-refractivity contribution in [3.63, 3.8) is 0 Å². The second-order valence-corrected chi connectivity index (χ2v) is 8.87. The maximum Gasteiger partial charge on any atom is 0.338 e. The fourth-order valence-electron chi connectivity index (χ4n) is 3.38. The van der Waals surface area contributed by atoms with Crippen LogP contribution in [-0.4, -0.2) is 76.2 Å². The van der Waals surface area contributed by atoms with Gasteiger partial charge in [0.25, 0.3) is 0 Å². The Labute approximate surface area is 147 Å². The Kier molecular flexibility index (Phi) is 4.89. The van der Waals surface area contributed by atoms with E-state index < -0.39 is 58.3 Å². The highest BCUT2D eigenvalue weighted by atomic mass is 32.2. The maximum absolute atomic E-state index is 12.3. The molecule has 0 aromatic carbocycles. The Bertz CT molecular complexity index is 633. The third kappa shape index (κ3) is 3.56. The summed E-state index contributed by atoms with van der Waals surface area (Å²) < 4.78 is 53.4. The molecule has 1 saturated carbocycles. The van der Waals surface area contributed by atoms with E-state index in [0.29, 0.717) is 0 Å². The van der Waals surface area contributed by atoms with Crippen LogP contribution in [0.15, 0.2) is 0 Å². The van der Waals surface area contributed by atoms with Gasteiger partial charge in [-0.1, -0.05) is 0 Å². The van der Waals surface area contributed by atoms with Gasteiger partial charge in [-0.3, -0.25) is 8.98 Å². The molecule has 2 saturated heterocycles. The molecule has 6 atom stereocenters. The number of hydrogen-bond donors (Lipinski definition) is 0. The molecule has 0 bridgehead atoms. The second-order valence-electron chi connectivity index (χ2n) is 7.09. The van der Waals surface area contributed by atoms with Crippen molar-refractivity contribution in [2.75, 3.05) is 27.3 Å². The molecule has 10 heteroatoms. The standard InChI is InChI=1S/C15H25NO8S/c1-6-20-14(17)10-9-12(10)22-8-7-21-15(2,3)23-11(8)13(9)24-25(18,19)16(4)5/h8-13H,6-7H2,1-5H3/t8?,9?,10-,11?,12?,13+/m0/s1. The summed E-state index contributed by atoms with van der Waals surface area (Å²) in [5.74, 6) is -2.29. The van der Waals surface area contributed by atoms with Gasteiger partial charge in [-0.25, -0.2) is 0 Å². The lowest BCUT2D eigenvalue weighted by molar-refractivity contribution is -0.334. The van der Waals surface area contributed by atoms with Crippen LogP contribution in [0.2, 0.25) is 0 Å². The normalized spacial score (nSPS) is 39.4. The fourth-order valence-corrected chi connectivity index (χ4v) is 4.07. The van der Waals surface area contributed by atoms with Gasteiger partial charge in [0.1, 0.15) is 18.3 Å². The van der Waals surface area contributed by atoms with Crippen LogP contribution in [0.1, 0.15) is 20.8 Å². The number of fused-ring (bicyclic) bond motifs is 2. The third-order valence-corrected chi connectivity index (χ3v) is 6.02. The number of nitrogens with zero attached hydrogens (tertiary/aromatic N) is 1. The average molecular weight is 379 g/mol. The van der Waals surface area contributed by atoms with Crippen molar-refractivity contribution >= 4 is 16.3 Å². The highest BCUT2D eigenvalue weighted by Crippen LogP contribution is 2.53. The predicted molar refractivity (Wildman–Crippen MR) is 84.7 cm³/mol. The molecular weight excluding hydrogens is 354 g/mol. The van der Waals surface area contributed by atoms with E-state index in [1.807, 2.05) is 0 Å². The summed E-state index contributed by atoms with van der Waals surface area (Å²) >= 11 is 0. The Morgan fingerprint density at radius 3 is 2.56 bits per heavy atom. The summed E-state index contributed by atoms with van der Waals surface area (Å²) in [4.78, 5) is 12.2. The van der Waals surface area contributed by atoms with Gasteiger partial charge >= 0.3 is 16.3 Å². The quantitative estimate of drug-likeness (QED) is 0.611. The molecule has 3 fully saturated rings. The van der Waals surface area contributed by atoms with Crippen molar-refractivity contribution in [3.05, 3.63) is 0 Å². The maximum atomic E-state index is 12.3. The summed E-state index contributed by atoms with van der Waals surface area (Å²) in [6.45, 7) is 5.67. The molecule has 0 amide bonds. The third-order valence-electron chi connectivity index (χ3n) is 4.66. The molecule has 144 valence electrons. The van der Waals surface area contributed by atoms with Crippen LogP contribution in [0.4, 0.5) is 0 Å². The Morgan fingerprint density at radius 2 is 1.96 bits per heavy atom. The first-order chi connectivity index (χ1) is 11.6. The molecule has 0 spiro atoms. The number of esters is 1. The monoisotopic (exact) mass is 379 g/mol. The number of carbonyl (C=O) groups is 1. The number of hydrogen-bond acceptors (Lipinski definition) is 8. The van der Waals surface area contributed by atoms with E-state index in [9.17, 15) is 13.2 Å². The summed E-state index contributed by atoms with van der Waals surface area (Å²) in [7, 11) is -1.18. The summed E-state index contributed by atoms with van der Waals surface area (Å²) in [6, 6.07) is 0. The van der Waals surface area contributed by atoms with Crippen LogP contribution in [0.3, 0.4) is 0 Å². The first kappa shape index (κ1) is 19.0. The highest BCUT2D eigenvalue weighted by molar-refractivity contribution is 7.84. The van der Waals surface area contributed by atoms with Gasteiger partial charge in [0.05, 0.1) is 25.2 Å². The lowest BCUT2D eigenvalue weighted by Gasteiger charge is -2.45. The fraction of sp³-hybridized carbons (Fsp3) is 0.933. The Morgan fingerprint density at radius 1 is 1.28 bits per heavy atom. The van der Waals surface area contributed by atoms with Crippen molar-refractivity contribution in [1.82, 2.24) is 4.31 Å². The summed E-state index contributed by atoms with van der Waals surface area (Å²) in [6.07, 6.45) is -2.44. The highest BCUT2D eigenvalue weighted by Gasteiger charge is 2.69. The number of ether oxygens (including phenoxy) is 4. The van der Waals surface area contributed by atoms with E-state index in [0.717, 1.165) is 4.31 Å². The average Bonchev–Trinajstić information content (AvgIpc) is 3.21. The van der Waals surface area contributed by atoms with Crippen molar-refractivity contribution < 1.29 is 36.3 Å². The summed E-state index contributed by atoms with van der Waals surface area (Å²) in [5.41, 5.74) is 0. The van der Waals surface area contributed by atoms with Gasteiger partial charge in [0.15, 0.2) is 5.79 Å². The molecule has 2 aliphatic heterocycles. The molecule has 3 aliphatic rings. The minimum absolute atomic E-state index is 0.234. The zero-order valence-electron chi connectivity index (χ0n) is 15.0. The topological polar surface area (TPSA) is 101 Å². The molecule has 0 aromatic rings. The first-order valence-electron chi connectivity index (χ1n) is 8.32. The minimum Gasteiger partial charge on any atom is -0.466 e. The van der Waals surface area contributed by atoms with Crippen LogP contribution in [0.25, 0.3) is 0 Å². The number of carbonyl (C=O) groups excluding carboxylic acids is 1. The SMILES string of the molecule is CCOC(=O)[C@@H]1C2OC3COC(C)(C)OC3[C@H](OS(=O)(=O)N(C)C)C21. The smallest absolute Gasteiger partial charge is 0.338 e. The van der Waals surface area contributed by atoms with Gasteiger partial charge in [-0.05, 0) is 20.8 Å². The predicted octanol–water partition coefficient (Wildman–Crippen LogP) is -0.0940. The summed E-state index contributed by atoms with van der Waals surface area (Å²) in [5, 5.41) is 0. The van der Waals surface area contributed by atoms with E-state index in [2.05, 4.69) is 0 Å². The zero-order chi connectivity index (χ0) is 18.6. The van der Waals surface area contributed by atoms with Crippen molar-refractivity contribution in [3.8, 4) is 0 Å². The van der Waals surface area contributed by atoms with E-state index in [-0.39, 0.29) is 13.2 Å². The zero-order valence-corrected chi connectivity index (χ0v) is 15.8. The Balaban J connectivity index is 1.86. The van der Waals surface area contributed by atoms with Crippen LogP contribution >= 0.6 is 0 Å². The molecule has 4 unspecified atom stereocenters. The molecule has 25 heavy (non-hydrogen) atoms. The van der Waals surface area contributed by atoms with Crippen LogP contribution in [0, 0.1) is 11.8 Å². The minimum atomic E-state index is -3.95. The van der Waals surface area contributed by atoms with Crippen molar-refractivity contribution in [1.29, 1.82) is 0 Å². The molecule has 2 heterocycles. The second kappa shape index (κ2) is 6.43. The molecule has 0 aromatic heterocycles. The van der Waals surface area contributed by atoms with Gasteiger partial charge in [0.2, 0.25) is 0 Å². The van der Waals surface area contributed by atoms with E-state index >= 15 is 0 Å². The molecule has 9 nitrogen and oxygen atoms in total. The van der Waals surface area contributed by atoms with Gasteiger partial charge in [-0.2, -0.15) is 12.7 Å². The lowest BCUT2D eigenvalue weighted by atomic mass is 9.99. The van der Waals surface area contributed by atoms with E-state index in [1.54, 1.807) is 20.8 Å². The van der Waals surface area contributed by atoms with Crippen LogP contribution < -0.4 is 0 Å². The van der Waals surface area contributed by atoms with Crippen molar-refractivity contribution in [2.24, 2.45) is 11.8 Å². The molecule has 0 radical (unpaired) electrons. The van der Waals surface area contributed by atoms with Crippen molar-refractivity contribution in [2.45, 2.75) is 51.0 Å². The van der Waals surface area contributed by atoms with Crippen LogP contribution in [0.5, 0.6) is 0 Å². The van der Waals surface area contributed by atoms with Crippen LogP contribution in [-0.2, 0) is 38.2 Å². The van der Waals surface area contributed by atoms with Gasteiger partial charge < -0.3 is 18.9 Å². The molecule has 1 aliphatic carbocycles. The number of rotatable bonds is 5. The first-order valence-corrected chi connectivity index (χ1v) is 9.68. The Hall–Kier alpha value is -0.780. The van der Waals surface area contributed by atoms with E-state index in [1.165, 1.54) is 14.1 Å². The lowest BCUT2D eigenvalue weighted by Crippen LogP contribution is -2.59. The molecule has 0 N–H and O–H groups in total. The van der Waals surface area contributed by atoms with Gasteiger partial charge in [-0.15, -0.1) is 0 Å².